The van der Waals surface area contributed by atoms with Gasteiger partial charge in [0.15, 0.2) is 19.2 Å². The Kier molecular flexibility index (Phi) is 6.13. The van der Waals surface area contributed by atoms with E-state index in [1.807, 2.05) is 0 Å². The highest BCUT2D eigenvalue weighted by Gasteiger charge is 2.11. The zero-order valence-electron chi connectivity index (χ0n) is 16.1. The molecule has 0 saturated carbocycles. The molecule has 8 nitrogen and oxygen atoms in total. The fourth-order valence-corrected chi connectivity index (χ4v) is 2.80. The second-order valence-electron chi connectivity index (χ2n) is 6.42. The topological polar surface area (TPSA) is 83.2 Å². The van der Waals surface area contributed by atoms with Gasteiger partial charge >= 0.3 is 0 Å². The molecule has 0 aliphatic carbocycles. The molecule has 4 aromatic rings. The maximum atomic E-state index is 12.9. The number of amides is 1. The highest BCUT2D eigenvalue weighted by atomic mass is 35.5. The van der Waals surface area contributed by atoms with Crippen molar-refractivity contribution in [3.8, 4) is 11.5 Å². The summed E-state index contributed by atoms with van der Waals surface area (Å²) in [5, 5.41) is 11.6. The van der Waals surface area contributed by atoms with Crippen molar-refractivity contribution >= 4 is 23.2 Å². The van der Waals surface area contributed by atoms with Gasteiger partial charge < -0.3 is 14.8 Å². The number of ether oxygens (including phenoxy) is 2. The lowest BCUT2D eigenvalue weighted by atomic mass is 10.3. The van der Waals surface area contributed by atoms with Crippen molar-refractivity contribution in [1.82, 2.24) is 19.6 Å². The van der Waals surface area contributed by atoms with Crippen molar-refractivity contribution < 1.29 is 18.7 Å². The number of anilines is 1. The molecule has 2 aromatic heterocycles. The van der Waals surface area contributed by atoms with Crippen LogP contribution in [0.2, 0.25) is 5.02 Å². The summed E-state index contributed by atoms with van der Waals surface area (Å²) < 4.78 is 27.0. The van der Waals surface area contributed by atoms with E-state index >= 15 is 0 Å². The lowest BCUT2D eigenvalue weighted by molar-refractivity contribution is 0.102. The average molecular weight is 442 g/mol. The molecule has 0 aliphatic rings. The Bertz CT molecular complexity index is 1180. The second-order valence-corrected chi connectivity index (χ2v) is 6.86. The Hall–Kier alpha value is -3.85. The van der Waals surface area contributed by atoms with Crippen molar-refractivity contribution in [2.75, 3.05) is 5.32 Å². The first-order valence-corrected chi connectivity index (χ1v) is 9.57. The lowest BCUT2D eigenvalue weighted by Crippen LogP contribution is -2.14. The molecule has 0 atom stereocenters. The maximum Gasteiger partial charge on any atom is 0.276 e. The van der Waals surface area contributed by atoms with Crippen LogP contribution in [0.5, 0.6) is 11.5 Å². The van der Waals surface area contributed by atoms with E-state index in [9.17, 15) is 9.18 Å². The summed E-state index contributed by atoms with van der Waals surface area (Å²) in [6.45, 7) is 0.239. The average Bonchev–Trinajstić information content (AvgIpc) is 3.41. The zero-order valence-corrected chi connectivity index (χ0v) is 16.9. The number of benzene rings is 2. The molecule has 31 heavy (non-hydrogen) atoms. The van der Waals surface area contributed by atoms with E-state index < -0.39 is 5.91 Å². The molecule has 4 rings (SSSR count). The molecule has 0 aliphatic heterocycles. The van der Waals surface area contributed by atoms with E-state index in [1.54, 1.807) is 42.7 Å². The first-order valence-electron chi connectivity index (χ1n) is 9.19. The van der Waals surface area contributed by atoms with Crippen LogP contribution in [-0.4, -0.2) is 25.5 Å². The SMILES string of the molecule is O=C(Nc1cnn(COc2cccc(Cl)c2)c1)c1ccn(COc2ccc(F)cc2)n1. The van der Waals surface area contributed by atoms with Crippen LogP contribution >= 0.6 is 11.6 Å². The number of nitrogens with one attached hydrogen (secondary N) is 1. The van der Waals surface area contributed by atoms with Crippen molar-refractivity contribution in [2.45, 2.75) is 13.5 Å². The quantitative estimate of drug-likeness (QED) is 0.443. The number of hydrogen-bond acceptors (Lipinski definition) is 5. The maximum absolute atomic E-state index is 12.9. The summed E-state index contributed by atoms with van der Waals surface area (Å²) >= 11 is 5.93. The number of hydrogen-bond donors (Lipinski definition) is 1. The van der Waals surface area contributed by atoms with Gasteiger partial charge in [-0.05, 0) is 48.5 Å². The molecular weight excluding hydrogens is 425 g/mol. The van der Waals surface area contributed by atoms with Crippen LogP contribution in [0.1, 0.15) is 10.5 Å². The van der Waals surface area contributed by atoms with Crippen LogP contribution in [0, 0.1) is 5.82 Å². The molecule has 0 unspecified atom stereocenters. The Morgan fingerprint density at radius 3 is 2.61 bits per heavy atom. The minimum Gasteiger partial charge on any atom is -0.471 e. The molecule has 10 heteroatoms. The van der Waals surface area contributed by atoms with Gasteiger partial charge in [0.05, 0.1) is 18.1 Å². The standard InChI is InChI=1S/C21H17ClFN5O3/c22-15-2-1-3-19(10-15)31-14-28-12-17(11-24-28)25-21(29)20-8-9-27(26-20)13-30-18-6-4-16(23)5-7-18/h1-12H,13-14H2,(H,25,29). The van der Waals surface area contributed by atoms with Gasteiger partial charge in [-0.1, -0.05) is 17.7 Å². The van der Waals surface area contributed by atoms with Gasteiger partial charge in [-0.25, -0.2) is 13.8 Å². The fraction of sp³-hybridized carbons (Fsp3) is 0.0952. The highest BCUT2D eigenvalue weighted by molar-refractivity contribution is 6.30. The van der Waals surface area contributed by atoms with Gasteiger partial charge in [-0.15, -0.1) is 0 Å². The van der Waals surface area contributed by atoms with Gasteiger partial charge in [0.2, 0.25) is 0 Å². The van der Waals surface area contributed by atoms with E-state index in [2.05, 4.69) is 15.5 Å². The van der Waals surface area contributed by atoms with Crippen molar-refractivity contribution in [3.05, 3.63) is 89.7 Å². The van der Waals surface area contributed by atoms with E-state index in [4.69, 9.17) is 21.1 Å². The van der Waals surface area contributed by atoms with E-state index in [1.165, 1.54) is 39.8 Å². The van der Waals surface area contributed by atoms with Gasteiger partial charge in [-0.2, -0.15) is 10.2 Å². The summed E-state index contributed by atoms with van der Waals surface area (Å²) in [5.74, 6) is 0.373. The minimum absolute atomic E-state index is 0.0810. The summed E-state index contributed by atoms with van der Waals surface area (Å²) in [6, 6.07) is 14.2. The summed E-state index contributed by atoms with van der Waals surface area (Å²) in [6.07, 6.45) is 4.76. The molecule has 0 bridgehead atoms. The molecule has 2 heterocycles. The number of aromatic nitrogens is 4. The third-order valence-corrected chi connectivity index (χ3v) is 4.34. The van der Waals surface area contributed by atoms with Crippen LogP contribution < -0.4 is 14.8 Å². The predicted molar refractivity (Wildman–Crippen MR) is 112 cm³/mol. The Balaban J connectivity index is 1.29. The molecule has 1 amide bonds. The Morgan fingerprint density at radius 2 is 1.81 bits per heavy atom. The predicted octanol–water partition coefficient (Wildman–Crippen LogP) is 4.20. The zero-order chi connectivity index (χ0) is 21.6. The normalized spacial score (nSPS) is 10.6. The minimum atomic E-state index is -0.393. The highest BCUT2D eigenvalue weighted by Crippen LogP contribution is 2.18. The first kappa shape index (κ1) is 20.4. The number of carbonyl (C=O) groups is 1. The van der Waals surface area contributed by atoms with Crippen molar-refractivity contribution in [2.24, 2.45) is 0 Å². The molecular formula is C21H17ClFN5O3. The number of nitrogens with zero attached hydrogens (tertiary/aromatic N) is 4. The van der Waals surface area contributed by atoms with E-state index in [0.717, 1.165) is 0 Å². The number of rotatable bonds is 8. The fourth-order valence-electron chi connectivity index (χ4n) is 2.62. The molecule has 0 fully saturated rings. The van der Waals surface area contributed by atoms with E-state index in [-0.39, 0.29) is 25.0 Å². The molecule has 1 N–H and O–H groups in total. The largest absolute Gasteiger partial charge is 0.471 e. The summed E-state index contributed by atoms with van der Waals surface area (Å²) in [7, 11) is 0. The van der Waals surface area contributed by atoms with Gasteiger partial charge in [0.1, 0.15) is 17.3 Å². The summed E-state index contributed by atoms with van der Waals surface area (Å²) in [5.41, 5.74) is 0.711. The Labute approximate surface area is 181 Å². The van der Waals surface area contributed by atoms with Gasteiger partial charge in [0.25, 0.3) is 5.91 Å². The number of halogens is 2. The molecule has 2 aromatic carbocycles. The lowest BCUT2D eigenvalue weighted by Gasteiger charge is -2.06. The smallest absolute Gasteiger partial charge is 0.276 e. The third-order valence-electron chi connectivity index (χ3n) is 4.10. The van der Waals surface area contributed by atoms with Gasteiger partial charge in [0, 0.05) is 11.2 Å². The van der Waals surface area contributed by atoms with Gasteiger partial charge in [-0.3, -0.25) is 4.79 Å². The third kappa shape index (κ3) is 5.61. The van der Waals surface area contributed by atoms with Crippen LogP contribution in [0.15, 0.2) is 73.2 Å². The molecule has 0 spiro atoms. The van der Waals surface area contributed by atoms with Crippen molar-refractivity contribution in [1.29, 1.82) is 0 Å². The van der Waals surface area contributed by atoms with Crippen LogP contribution in [0.3, 0.4) is 0 Å². The molecule has 0 saturated heterocycles. The molecule has 0 radical (unpaired) electrons. The van der Waals surface area contributed by atoms with Crippen LogP contribution in [0.25, 0.3) is 0 Å². The van der Waals surface area contributed by atoms with Crippen molar-refractivity contribution in [3.63, 3.8) is 0 Å². The van der Waals surface area contributed by atoms with Crippen LogP contribution in [0.4, 0.5) is 10.1 Å². The molecule has 158 valence electrons. The number of carbonyl (C=O) groups excluding carboxylic acids is 1. The van der Waals surface area contributed by atoms with E-state index in [0.29, 0.717) is 22.2 Å². The first-order chi connectivity index (χ1) is 15.0. The summed E-state index contributed by atoms with van der Waals surface area (Å²) in [4.78, 5) is 12.4. The Morgan fingerprint density at radius 1 is 1.03 bits per heavy atom. The second kappa shape index (κ2) is 9.31. The monoisotopic (exact) mass is 441 g/mol. The van der Waals surface area contributed by atoms with Crippen LogP contribution in [-0.2, 0) is 13.5 Å².